The molecular formula is C21H40O3. The summed E-state index contributed by atoms with van der Waals surface area (Å²) in [6.07, 6.45) is 20.3. The second-order valence-electron chi connectivity index (χ2n) is 6.99. The van der Waals surface area contributed by atoms with Crippen LogP contribution in [0.3, 0.4) is 0 Å². The molecule has 3 nitrogen and oxygen atoms in total. The van der Waals surface area contributed by atoms with Crippen LogP contribution in [0.4, 0.5) is 0 Å². The van der Waals surface area contributed by atoms with E-state index in [2.05, 4.69) is 11.7 Å². The van der Waals surface area contributed by atoms with Crippen molar-refractivity contribution in [3.63, 3.8) is 0 Å². The van der Waals surface area contributed by atoms with Crippen molar-refractivity contribution in [2.45, 2.75) is 116 Å². The van der Waals surface area contributed by atoms with Gasteiger partial charge in [-0.05, 0) is 6.42 Å². The quantitative estimate of drug-likeness (QED) is 0.165. The van der Waals surface area contributed by atoms with Crippen molar-refractivity contribution < 1.29 is 14.3 Å². The summed E-state index contributed by atoms with van der Waals surface area (Å²) in [5, 5.41) is 0. The van der Waals surface area contributed by atoms with Gasteiger partial charge in [0.2, 0.25) is 0 Å². The normalized spacial score (nSPS) is 10.8. The average molecular weight is 341 g/mol. The molecule has 142 valence electrons. The van der Waals surface area contributed by atoms with Gasteiger partial charge < -0.3 is 4.74 Å². The molecule has 0 rings (SSSR count). The number of esters is 1. The van der Waals surface area contributed by atoms with E-state index >= 15 is 0 Å². The van der Waals surface area contributed by atoms with Crippen LogP contribution >= 0.6 is 0 Å². The van der Waals surface area contributed by atoms with Crippen LogP contribution in [0.2, 0.25) is 0 Å². The highest BCUT2D eigenvalue weighted by molar-refractivity contribution is 5.95. The van der Waals surface area contributed by atoms with E-state index in [1.807, 2.05) is 0 Å². The minimum absolute atomic E-state index is 0.0107. The third-order valence-electron chi connectivity index (χ3n) is 4.63. The van der Waals surface area contributed by atoms with Gasteiger partial charge in [0.05, 0.1) is 7.11 Å². The van der Waals surface area contributed by atoms with Crippen molar-refractivity contribution in [1.29, 1.82) is 0 Å². The molecule has 0 aromatic heterocycles. The molecule has 0 saturated heterocycles. The van der Waals surface area contributed by atoms with Crippen molar-refractivity contribution in [3.8, 4) is 0 Å². The van der Waals surface area contributed by atoms with Gasteiger partial charge in [-0.1, -0.05) is 96.8 Å². The SMILES string of the molecule is CCCCCCCCCCCCCCCCCC(=O)CC(=O)OC. The maximum atomic E-state index is 11.4. The minimum atomic E-state index is -0.416. The number of ketones is 1. The first kappa shape index (κ1) is 23.1. The molecule has 0 fully saturated rings. The summed E-state index contributed by atoms with van der Waals surface area (Å²) in [4.78, 5) is 22.4. The molecule has 3 heteroatoms. The molecule has 0 aliphatic carbocycles. The average Bonchev–Trinajstić information content (AvgIpc) is 2.58. The molecule has 0 heterocycles. The van der Waals surface area contributed by atoms with Gasteiger partial charge in [-0.15, -0.1) is 0 Å². The van der Waals surface area contributed by atoms with E-state index in [-0.39, 0.29) is 12.2 Å². The van der Waals surface area contributed by atoms with Gasteiger partial charge in [0, 0.05) is 6.42 Å². The fraction of sp³-hybridized carbons (Fsp3) is 0.905. The zero-order valence-electron chi connectivity index (χ0n) is 16.2. The Balaban J connectivity index is 3.12. The fourth-order valence-electron chi connectivity index (χ4n) is 3.02. The zero-order chi connectivity index (χ0) is 17.9. The summed E-state index contributed by atoms with van der Waals surface area (Å²) in [7, 11) is 1.32. The lowest BCUT2D eigenvalue weighted by molar-refractivity contribution is -0.143. The molecule has 0 atom stereocenters. The molecule has 0 amide bonds. The minimum Gasteiger partial charge on any atom is -0.469 e. The van der Waals surface area contributed by atoms with E-state index in [1.54, 1.807) is 0 Å². The van der Waals surface area contributed by atoms with Gasteiger partial charge in [-0.3, -0.25) is 9.59 Å². The van der Waals surface area contributed by atoms with Gasteiger partial charge in [0.15, 0.2) is 0 Å². The van der Waals surface area contributed by atoms with E-state index in [0.29, 0.717) is 6.42 Å². The molecule has 0 unspecified atom stereocenters. The molecule has 0 aliphatic rings. The predicted octanol–water partition coefficient (Wildman–Crippen LogP) is 6.38. The van der Waals surface area contributed by atoms with Crippen LogP contribution in [0.1, 0.15) is 116 Å². The van der Waals surface area contributed by atoms with Crippen LogP contribution in [0, 0.1) is 0 Å². The highest BCUT2D eigenvalue weighted by Crippen LogP contribution is 2.13. The Morgan fingerprint density at radius 3 is 1.38 bits per heavy atom. The lowest BCUT2D eigenvalue weighted by Gasteiger charge is -2.03. The van der Waals surface area contributed by atoms with Crippen LogP contribution in [-0.4, -0.2) is 18.9 Å². The third kappa shape index (κ3) is 17.5. The van der Waals surface area contributed by atoms with Gasteiger partial charge in [-0.25, -0.2) is 0 Å². The number of carbonyl (C=O) groups is 2. The van der Waals surface area contributed by atoms with Crippen LogP contribution < -0.4 is 0 Å². The summed E-state index contributed by atoms with van der Waals surface area (Å²) >= 11 is 0. The van der Waals surface area contributed by atoms with Crippen LogP contribution in [0.25, 0.3) is 0 Å². The molecule has 0 N–H and O–H groups in total. The van der Waals surface area contributed by atoms with Crippen molar-refractivity contribution in [1.82, 2.24) is 0 Å². The van der Waals surface area contributed by atoms with E-state index in [9.17, 15) is 9.59 Å². The Kier molecular flexibility index (Phi) is 17.8. The standard InChI is InChI=1S/C21H40O3/c1-3-4-5-6-7-8-9-10-11-12-13-14-15-16-17-18-20(22)19-21(23)24-2/h3-19H2,1-2H3. The first-order valence-corrected chi connectivity index (χ1v) is 10.3. The number of ether oxygens (including phenoxy) is 1. The summed E-state index contributed by atoms with van der Waals surface area (Å²) < 4.78 is 4.49. The maximum Gasteiger partial charge on any atom is 0.313 e. The number of rotatable bonds is 18. The maximum absolute atomic E-state index is 11.4. The molecule has 0 bridgehead atoms. The van der Waals surface area contributed by atoms with Crippen molar-refractivity contribution in [2.75, 3.05) is 7.11 Å². The van der Waals surface area contributed by atoms with Gasteiger partial charge in [0.1, 0.15) is 12.2 Å². The topological polar surface area (TPSA) is 43.4 Å². The van der Waals surface area contributed by atoms with Gasteiger partial charge in [-0.2, -0.15) is 0 Å². The van der Waals surface area contributed by atoms with Crippen LogP contribution in [-0.2, 0) is 14.3 Å². The number of hydrogen-bond acceptors (Lipinski definition) is 3. The summed E-state index contributed by atoms with van der Waals surface area (Å²) in [6, 6.07) is 0. The molecule has 0 saturated carbocycles. The predicted molar refractivity (Wildman–Crippen MR) is 101 cm³/mol. The highest BCUT2D eigenvalue weighted by atomic mass is 16.5. The number of carbonyl (C=O) groups excluding carboxylic acids is 2. The highest BCUT2D eigenvalue weighted by Gasteiger charge is 2.08. The smallest absolute Gasteiger partial charge is 0.313 e. The van der Waals surface area contributed by atoms with Crippen LogP contribution in [0.15, 0.2) is 0 Å². The second kappa shape index (κ2) is 18.5. The first-order valence-electron chi connectivity index (χ1n) is 10.3. The third-order valence-corrected chi connectivity index (χ3v) is 4.63. The molecule has 0 aromatic carbocycles. The molecular weight excluding hydrogens is 300 g/mol. The zero-order valence-corrected chi connectivity index (χ0v) is 16.2. The summed E-state index contributed by atoms with van der Waals surface area (Å²) in [5.74, 6) is -0.405. The molecule has 0 spiro atoms. The lowest BCUT2D eigenvalue weighted by atomic mass is 10.0. The monoisotopic (exact) mass is 340 g/mol. The Bertz CT molecular complexity index is 299. The first-order chi connectivity index (χ1) is 11.7. The van der Waals surface area contributed by atoms with Crippen molar-refractivity contribution in [3.05, 3.63) is 0 Å². The lowest BCUT2D eigenvalue weighted by Crippen LogP contribution is -2.08. The van der Waals surface area contributed by atoms with Crippen molar-refractivity contribution in [2.24, 2.45) is 0 Å². The fourth-order valence-corrected chi connectivity index (χ4v) is 3.02. The van der Waals surface area contributed by atoms with E-state index < -0.39 is 5.97 Å². The van der Waals surface area contributed by atoms with Gasteiger partial charge in [0.25, 0.3) is 0 Å². The van der Waals surface area contributed by atoms with E-state index in [1.165, 1.54) is 90.6 Å². The Morgan fingerprint density at radius 1 is 0.625 bits per heavy atom. The largest absolute Gasteiger partial charge is 0.469 e. The number of Topliss-reactive ketones (excluding diaryl/α,β-unsaturated/α-hetero) is 1. The summed E-state index contributed by atoms with van der Waals surface area (Å²) in [5.41, 5.74) is 0. The summed E-state index contributed by atoms with van der Waals surface area (Å²) in [6.45, 7) is 2.27. The molecule has 0 aromatic rings. The Labute approximate surface area is 149 Å². The Hall–Kier alpha value is -0.860. The Morgan fingerprint density at radius 2 is 1.00 bits per heavy atom. The van der Waals surface area contributed by atoms with Crippen molar-refractivity contribution >= 4 is 11.8 Å². The van der Waals surface area contributed by atoms with Crippen LogP contribution in [0.5, 0.6) is 0 Å². The second-order valence-corrected chi connectivity index (χ2v) is 6.99. The molecule has 24 heavy (non-hydrogen) atoms. The van der Waals surface area contributed by atoms with E-state index in [0.717, 1.165) is 12.8 Å². The number of methoxy groups -OCH3 is 1. The van der Waals surface area contributed by atoms with E-state index in [4.69, 9.17) is 0 Å². The molecule has 0 radical (unpaired) electrons. The number of hydrogen-bond donors (Lipinski definition) is 0. The number of unbranched alkanes of at least 4 members (excludes halogenated alkanes) is 14. The van der Waals surface area contributed by atoms with Gasteiger partial charge >= 0.3 is 5.97 Å². The molecule has 0 aliphatic heterocycles.